The smallest absolute Gasteiger partial charge is 0.322 e. The van der Waals surface area contributed by atoms with Crippen LogP contribution in [0.2, 0.25) is 0 Å². The Morgan fingerprint density at radius 1 is 1.56 bits per heavy atom. The molecule has 0 radical (unpaired) electrons. The Bertz CT molecular complexity index is 447. The second kappa shape index (κ2) is 3.96. The fraction of sp³-hybridized carbons (Fsp3) is 0.600. The summed E-state index contributed by atoms with van der Waals surface area (Å²) in [6, 6.07) is 0. The zero-order chi connectivity index (χ0) is 13.7. The van der Waals surface area contributed by atoms with Crippen LogP contribution in [0.25, 0.3) is 0 Å². The highest BCUT2D eigenvalue weighted by atomic mass is 19.3. The van der Waals surface area contributed by atoms with Gasteiger partial charge in [0.05, 0.1) is 5.70 Å². The molecule has 2 aliphatic rings. The predicted molar refractivity (Wildman–Crippen MR) is 52.9 cm³/mol. The molecule has 0 aliphatic heterocycles. The molecule has 0 bridgehead atoms. The minimum absolute atomic E-state index is 0.0652. The van der Waals surface area contributed by atoms with E-state index in [0.717, 1.165) is 0 Å². The molecule has 0 heterocycles. The summed E-state index contributed by atoms with van der Waals surface area (Å²) in [7, 11) is 0. The quantitative estimate of drug-likeness (QED) is 0.521. The zero-order valence-corrected chi connectivity index (χ0v) is 9.01. The number of halogens is 4. The molecule has 1 fully saturated rings. The van der Waals surface area contributed by atoms with Crippen LogP contribution >= 0.6 is 0 Å². The standard InChI is InChI=1S/C10H10F4N2O2/c11-9(12)7(15)6-3-1-4(3)10(13,14)8(6)16-2-5(17)18/h3-4,9,15-16H,1-2H2,(H,17,18). The largest absolute Gasteiger partial charge is 0.480 e. The van der Waals surface area contributed by atoms with E-state index in [1.54, 1.807) is 0 Å². The maximum absolute atomic E-state index is 13.7. The molecule has 0 aromatic carbocycles. The third kappa shape index (κ3) is 1.85. The number of hydrogen-bond acceptors (Lipinski definition) is 3. The van der Waals surface area contributed by atoms with Gasteiger partial charge in [0.15, 0.2) is 0 Å². The van der Waals surface area contributed by atoms with Crippen molar-refractivity contribution in [2.45, 2.75) is 18.8 Å². The predicted octanol–water partition coefficient (Wildman–Crippen LogP) is 1.48. The summed E-state index contributed by atoms with van der Waals surface area (Å²) in [5.41, 5.74) is -2.38. The van der Waals surface area contributed by atoms with Crippen LogP contribution in [-0.2, 0) is 4.79 Å². The van der Waals surface area contributed by atoms with E-state index in [-0.39, 0.29) is 6.42 Å². The second-order valence-electron chi connectivity index (χ2n) is 4.32. The van der Waals surface area contributed by atoms with Crippen LogP contribution in [0.5, 0.6) is 0 Å². The summed E-state index contributed by atoms with van der Waals surface area (Å²) in [5, 5.41) is 17.6. The average molecular weight is 266 g/mol. The number of carbonyl (C=O) groups is 1. The highest BCUT2D eigenvalue weighted by molar-refractivity contribution is 6.02. The van der Waals surface area contributed by atoms with Crippen molar-refractivity contribution in [1.29, 1.82) is 5.41 Å². The van der Waals surface area contributed by atoms with Gasteiger partial charge in [-0.05, 0) is 12.3 Å². The van der Waals surface area contributed by atoms with Gasteiger partial charge in [0.25, 0.3) is 12.3 Å². The summed E-state index contributed by atoms with van der Waals surface area (Å²) >= 11 is 0. The van der Waals surface area contributed by atoms with Crippen molar-refractivity contribution in [3.63, 3.8) is 0 Å². The Hall–Kier alpha value is -1.60. The van der Waals surface area contributed by atoms with Crippen molar-refractivity contribution in [3.05, 3.63) is 11.3 Å². The molecule has 4 nitrogen and oxygen atoms in total. The van der Waals surface area contributed by atoms with E-state index in [9.17, 15) is 22.4 Å². The Kier molecular flexibility index (Phi) is 2.83. The normalized spacial score (nSPS) is 28.3. The van der Waals surface area contributed by atoms with Crippen LogP contribution in [0.1, 0.15) is 6.42 Å². The lowest BCUT2D eigenvalue weighted by Crippen LogP contribution is -2.34. The van der Waals surface area contributed by atoms with E-state index >= 15 is 0 Å². The highest BCUT2D eigenvalue weighted by Crippen LogP contribution is 2.62. The number of carboxylic acid groups (broad SMARTS) is 1. The van der Waals surface area contributed by atoms with E-state index in [1.807, 2.05) is 5.32 Å². The third-order valence-corrected chi connectivity index (χ3v) is 3.15. The molecule has 2 rings (SSSR count). The molecule has 2 aliphatic carbocycles. The number of carboxylic acids is 1. The van der Waals surface area contributed by atoms with E-state index < -0.39 is 53.7 Å². The molecule has 2 unspecified atom stereocenters. The molecule has 0 amide bonds. The lowest BCUT2D eigenvalue weighted by molar-refractivity contribution is -0.135. The van der Waals surface area contributed by atoms with Crippen LogP contribution in [0.15, 0.2) is 11.3 Å². The summed E-state index contributed by atoms with van der Waals surface area (Å²) in [4.78, 5) is 10.3. The minimum atomic E-state index is -3.35. The molecule has 3 N–H and O–H groups in total. The van der Waals surface area contributed by atoms with Gasteiger partial charge in [0.2, 0.25) is 0 Å². The fourth-order valence-electron chi connectivity index (χ4n) is 2.29. The van der Waals surface area contributed by atoms with Crippen molar-refractivity contribution in [3.8, 4) is 0 Å². The van der Waals surface area contributed by atoms with Crippen molar-refractivity contribution in [2.24, 2.45) is 11.8 Å². The van der Waals surface area contributed by atoms with Gasteiger partial charge in [0, 0.05) is 11.5 Å². The van der Waals surface area contributed by atoms with Gasteiger partial charge in [-0.3, -0.25) is 10.2 Å². The Balaban J connectivity index is 2.31. The number of allylic oxidation sites excluding steroid dienone is 2. The van der Waals surface area contributed by atoms with Gasteiger partial charge in [-0.25, -0.2) is 8.78 Å². The van der Waals surface area contributed by atoms with Crippen molar-refractivity contribution < 1.29 is 27.5 Å². The first-order chi connectivity index (χ1) is 8.26. The number of nitrogens with one attached hydrogen (secondary N) is 2. The Morgan fingerprint density at radius 3 is 2.67 bits per heavy atom. The SMILES string of the molecule is N=C(C1=C(NCC(=O)O)C(F)(F)C2CC12)C(F)F. The van der Waals surface area contributed by atoms with Crippen molar-refractivity contribution >= 4 is 11.7 Å². The lowest BCUT2D eigenvalue weighted by atomic mass is 10.1. The molecule has 100 valence electrons. The highest BCUT2D eigenvalue weighted by Gasteiger charge is 2.66. The van der Waals surface area contributed by atoms with E-state index in [2.05, 4.69) is 0 Å². The van der Waals surface area contributed by atoms with Gasteiger partial charge in [-0.2, -0.15) is 8.78 Å². The fourth-order valence-corrected chi connectivity index (χ4v) is 2.29. The van der Waals surface area contributed by atoms with Crippen LogP contribution in [-0.4, -0.2) is 35.7 Å². The maximum Gasteiger partial charge on any atom is 0.322 e. The van der Waals surface area contributed by atoms with E-state index in [0.29, 0.717) is 0 Å². The van der Waals surface area contributed by atoms with E-state index in [1.165, 1.54) is 0 Å². The first-order valence-electron chi connectivity index (χ1n) is 5.22. The monoisotopic (exact) mass is 266 g/mol. The topological polar surface area (TPSA) is 73.2 Å². The van der Waals surface area contributed by atoms with Crippen LogP contribution in [0, 0.1) is 17.2 Å². The molecule has 1 saturated carbocycles. The molecule has 0 saturated heterocycles. The molecule has 18 heavy (non-hydrogen) atoms. The molecule has 2 atom stereocenters. The van der Waals surface area contributed by atoms with Gasteiger partial charge in [-0.15, -0.1) is 0 Å². The number of fused-ring (bicyclic) bond motifs is 1. The molecule has 0 aromatic heterocycles. The number of alkyl halides is 4. The van der Waals surface area contributed by atoms with Gasteiger partial charge >= 0.3 is 5.97 Å². The molecule has 0 aromatic rings. The maximum atomic E-state index is 13.7. The lowest BCUT2D eigenvalue weighted by Gasteiger charge is -2.19. The van der Waals surface area contributed by atoms with E-state index in [4.69, 9.17) is 10.5 Å². The minimum Gasteiger partial charge on any atom is -0.480 e. The van der Waals surface area contributed by atoms with Crippen molar-refractivity contribution in [2.75, 3.05) is 6.54 Å². The molecular formula is C10H10F4N2O2. The van der Waals surface area contributed by atoms with Crippen LogP contribution in [0.3, 0.4) is 0 Å². The average Bonchev–Trinajstić information content (AvgIpc) is 2.98. The summed E-state index contributed by atoms with van der Waals surface area (Å²) in [5.74, 6) is -6.56. The first-order valence-corrected chi connectivity index (χ1v) is 5.22. The van der Waals surface area contributed by atoms with Gasteiger partial charge < -0.3 is 10.4 Å². The Labute approximate surface area is 99.2 Å². The van der Waals surface area contributed by atoms with Gasteiger partial charge in [-0.1, -0.05) is 0 Å². The Morgan fingerprint density at radius 2 is 2.17 bits per heavy atom. The zero-order valence-electron chi connectivity index (χ0n) is 9.01. The number of aliphatic carboxylic acids is 1. The molecular weight excluding hydrogens is 256 g/mol. The summed E-state index contributed by atoms with van der Waals surface area (Å²) < 4.78 is 52.3. The second-order valence-corrected chi connectivity index (χ2v) is 4.32. The van der Waals surface area contributed by atoms with Crippen LogP contribution in [0.4, 0.5) is 17.6 Å². The van der Waals surface area contributed by atoms with Gasteiger partial charge in [0.1, 0.15) is 12.3 Å². The third-order valence-electron chi connectivity index (χ3n) is 3.15. The number of rotatable bonds is 5. The van der Waals surface area contributed by atoms with Crippen LogP contribution < -0.4 is 5.32 Å². The molecule has 0 spiro atoms. The summed E-state index contributed by atoms with van der Waals surface area (Å²) in [6.07, 6.45) is -3.08. The first kappa shape index (κ1) is 12.8. The summed E-state index contributed by atoms with van der Waals surface area (Å²) in [6.45, 7) is -0.787. The molecule has 8 heteroatoms. The van der Waals surface area contributed by atoms with Crippen molar-refractivity contribution in [1.82, 2.24) is 5.32 Å². The number of hydrogen-bond donors (Lipinski definition) is 3.